The van der Waals surface area contributed by atoms with Gasteiger partial charge in [0.05, 0.1) is 28.7 Å². The van der Waals surface area contributed by atoms with E-state index in [-0.39, 0.29) is 5.82 Å². The molecule has 3 rings (SSSR count). The van der Waals surface area contributed by atoms with Gasteiger partial charge in [-0.25, -0.2) is 4.39 Å². The molecule has 0 radical (unpaired) electrons. The molecule has 1 saturated heterocycles. The maximum absolute atomic E-state index is 13.7. The Morgan fingerprint density at radius 2 is 2.05 bits per heavy atom. The largest absolute Gasteiger partial charge is 0.379 e. The molecule has 0 atom stereocenters. The SMILES string of the molecule is Fc1cc2c(cc1Br)[nH]c(=S)n2CCCN1CCOCC1. The number of imidazole rings is 1. The van der Waals surface area contributed by atoms with Crippen LogP contribution in [0.4, 0.5) is 4.39 Å². The molecule has 4 nitrogen and oxygen atoms in total. The van der Waals surface area contributed by atoms with E-state index in [2.05, 4.69) is 25.8 Å². The number of H-pyrrole nitrogens is 1. The van der Waals surface area contributed by atoms with E-state index < -0.39 is 0 Å². The molecule has 0 spiro atoms. The number of ether oxygens (including phenoxy) is 1. The van der Waals surface area contributed by atoms with Crippen LogP contribution >= 0.6 is 28.1 Å². The van der Waals surface area contributed by atoms with Crippen molar-refractivity contribution in [3.63, 3.8) is 0 Å². The average molecular weight is 374 g/mol. The lowest BCUT2D eigenvalue weighted by Gasteiger charge is -2.26. The number of aromatic nitrogens is 2. The molecule has 1 aliphatic heterocycles. The summed E-state index contributed by atoms with van der Waals surface area (Å²) in [6.07, 6.45) is 0.985. The quantitative estimate of drug-likeness (QED) is 0.834. The van der Waals surface area contributed by atoms with Crippen molar-refractivity contribution < 1.29 is 9.13 Å². The van der Waals surface area contributed by atoms with Crippen molar-refractivity contribution in [2.24, 2.45) is 0 Å². The van der Waals surface area contributed by atoms with Crippen molar-refractivity contribution in [3.05, 3.63) is 27.2 Å². The molecule has 1 aromatic heterocycles. The molecule has 1 aliphatic rings. The van der Waals surface area contributed by atoms with Crippen LogP contribution in [0.15, 0.2) is 16.6 Å². The number of nitrogens with zero attached hydrogens (tertiary/aromatic N) is 2. The molecule has 1 fully saturated rings. The molecule has 7 heteroatoms. The molecule has 2 heterocycles. The van der Waals surface area contributed by atoms with Gasteiger partial charge in [-0.05, 0) is 40.6 Å². The number of rotatable bonds is 4. The summed E-state index contributed by atoms with van der Waals surface area (Å²) in [5.41, 5.74) is 1.68. The first-order valence-corrected chi connectivity index (χ1v) is 8.23. The minimum absolute atomic E-state index is 0.265. The molecule has 0 bridgehead atoms. The fraction of sp³-hybridized carbons (Fsp3) is 0.500. The monoisotopic (exact) mass is 373 g/mol. The topological polar surface area (TPSA) is 33.2 Å². The predicted octanol–water partition coefficient (Wildman–Crippen LogP) is 3.32. The number of nitrogens with one attached hydrogen (secondary N) is 1. The van der Waals surface area contributed by atoms with E-state index in [0.717, 1.165) is 56.8 Å². The highest BCUT2D eigenvalue weighted by Crippen LogP contribution is 2.23. The van der Waals surface area contributed by atoms with E-state index in [4.69, 9.17) is 17.0 Å². The first-order chi connectivity index (χ1) is 10.1. The molecule has 0 saturated carbocycles. The van der Waals surface area contributed by atoms with Crippen LogP contribution in [0.3, 0.4) is 0 Å². The zero-order valence-electron chi connectivity index (χ0n) is 11.6. The summed E-state index contributed by atoms with van der Waals surface area (Å²) in [5.74, 6) is -0.265. The summed E-state index contributed by atoms with van der Waals surface area (Å²) in [7, 11) is 0. The maximum atomic E-state index is 13.7. The van der Waals surface area contributed by atoms with Crippen LogP contribution in [-0.2, 0) is 11.3 Å². The zero-order chi connectivity index (χ0) is 14.8. The standard InChI is InChI=1S/C14H17BrFN3OS/c15-10-8-12-13(9-11(10)16)19(14(21)17-12)3-1-2-18-4-6-20-7-5-18/h8-9H,1-7H2,(H,17,21). The minimum Gasteiger partial charge on any atom is -0.379 e. The Morgan fingerprint density at radius 1 is 1.29 bits per heavy atom. The highest BCUT2D eigenvalue weighted by atomic mass is 79.9. The molecule has 0 unspecified atom stereocenters. The predicted molar refractivity (Wildman–Crippen MR) is 86.7 cm³/mol. The van der Waals surface area contributed by atoms with Gasteiger partial charge in [0, 0.05) is 32.2 Å². The van der Waals surface area contributed by atoms with E-state index in [0.29, 0.717) is 9.24 Å². The molecular formula is C14H17BrFN3OS. The van der Waals surface area contributed by atoms with Gasteiger partial charge in [0.1, 0.15) is 5.82 Å². The second kappa shape index (κ2) is 6.56. The highest BCUT2D eigenvalue weighted by Gasteiger charge is 2.11. The number of morpholine rings is 1. The number of halogens is 2. The summed E-state index contributed by atoms with van der Waals surface area (Å²) in [5, 5.41) is 0. The van der Waals surface area contributed by atoms with Gasteiger partial charge in [0.2, 0.25) is 0 Å². The molecule has 0 amide bonds. The fourth-order valence-electron chi connectivity index (χ4n) is 2.65. The van der Waals surface area contributed by atoms with Gasteiger partial charge in [0.25, 0.3) is 0 Å². The number of fused-ring (bicyclic) bond motifs is 1. The van der Waals surface area contributed by atoms with Gasteiger partial charge in [-0.15, -0.1) is 0 Å². The number of hydrogen-bond donors (Lipinski definition) is 1. The lowest BCUT2D eigenvalue weighted by molar-refractivity contribution is 0.0369. The average Bonchev–Trinajstić information content (AvgIpc) is 2.76. The number of hydrogen-bond acceptors (Lipinski definition) is 3. The Labute approximate surface area is 136 Å². The molecule has 114 valence electrons. The molecular weight excluding hydrogens is 357 g/mol. The lowest BCUT2D eigenvalue weighted by atomic mass is 10.3. The third-order valence-corrected chi connectivity index (χ3v) is 4.71. The van der Waals surface area contributed by atoms with E-state index in [1.165, 1.54) is 6.07 Å². The van der Waals surface area contributed by atoms with Crippen LogP contribution in [0.25, 0.3) is 11.0 Å². The van der Waals surface area contributed by atoms with Crippen LogP contribution in [-0.4, -0.2) is 47.3 Å². The van der Waals surface area contributed by atoms with Crippen molar-refractivity contribution in [1.82, 2.24) is 14.5 Å². The van der Waals surface area contributed by atoms with Crippen LogP contribution in [0.1, 0.15) is 6.42 Å². The highest BCUT2D eigenvalue weighted by molar-refractivity contribution is 9.10. The normalized spacial score (nSPS) is 16.7. The third kappa shape index (κ3) is 3.36. The van der Waals surface area contributed by atoms with Crippen molar-refractivity contribution in [3.8, 4) is 0 Å². The van der Waals surface area contributed by atoms with E-state index >= 15 is 0 Å². The third-order valence-electron chi connectivity index (χ3n) is 3.78. The number of aryl methyl sites for hydroxylation is 1. The second-order valence-corrected chi connectivity index (χ2v) is 6.41. The van der Waals surface area contributed by atoms with E-state index in [1.54, 1.807) is 6.07 Å². The smallest absolute Gasteiger partial charge is 0.178 e. The van der Waals surface area contributed by atoms with Crippen LogP contribution < -0.4 is 0 Å². The van der Waals surface area contributed by atoms with Gasteiger partial charge >= 0.3 is 0 Å². The van der Waals surface area contributed by atoms with Gasteiger partial charge in [-0.3, -0.25) is 4.90 Å². The Kier molecular flexibility index (Phi) is 4.73. The van der Waals surface area contributed by atoms with Gasteiger partial charge in [-0.2, -0.15) is 0 Å². The Hall–Kier alpha value is -0.760. The van der Waals surface area contributed by atoms with Crippen LogP contribution in [0, 0.1) is 10.6 Å². The van der Waals surface area contributed by atoms with Gasteiger partial charge in [0.15, 0.2) is 4.77 Å². The molecule has 1 N–H and O–H groups in total. The summed E-state index contributed by atoms with van der Waals surface area (Å²) in [4.78, 5) is 5.52. The number of aromatic amines is 1. The number of benzene rings is 1. The van der Waals surface area contributed by atoms with Crippen LogP contribution in [0.5, 0.6) is 0 Å². The van der Waals surface area contributed by atoms with Crippen molar-refractivity contribution in [2.75, 3.05) is 32.8 Å². The fourth-order valence-corrected chi connectivity index (χ4v) is 3.29. The van der Waals surface area contributed by atoms with Crippen molar-refractivity contribution >= 4 is 39.2 Å². The molecule has 21 heavy (non-hydrogen) atoms. The Balaban J connectivity index is 1.72. The maximum Gasteiger partial charge on any atom is 0.178 e. The van der Waals surface area contributed by atoms with Crippen molar-refractivity contribution in [1.29, 1.82) is 0 Å². The molecule has 0 aliphatic carbocycles. The first-order valence-electron chi connectivity index (χ1n) is 7.03. The second-order valence-electron chi connectivity index (χ2n) is 5.17. The van der Waals surface area contributed by atoms with E-state index in [1.807, 2.05) is 4.57 Å². The lowest BCUT2D eigenvalue weighted by Crippen LogP contribution is -2.37. The summed E-state index contributed by atoms with van der Waals surface area (Å²) >= 11 is 8.54. The minimum atomic E-state index is -0.265. The van der Waals surface area contributed by atoms with E-state index in [9.17, 15) is 4.39 Å². The Morgan fingerprint density at radius 3 is 2.81 bits per heavy atom. The van der Waals surface area contributed by atoms with Gasteiger partial charge in [-0.1, -0.05) is 0 Å². The summed E-state index contributed by atoms with van der Waals surface area (Å²) in [6, 6.07) is 3.26. The van der Waals surface area contributed by atoms with Gasteiger partial charge < -0.3 is 14.3 Å². The molecule has 1 aromatic carbocycles. The molecule has 2 aromatic rings. The van der Waals surface area contributed by atoms with Crippen molar-refractivity contribution in [2.45, 2.75) is 13.0 Å². The van der Waals surface area contributed by atoms with Crippen LogP contribution in [0.2, 0.25) is 0 Å². The Bertz CT molecular complexity index is 693. The summed E-state index contributed by atoms with van der Waals surface area (Å²) in [6.45, 7) is 5.40. The summed E-state index contributed by atoms with van der Waals surface area (Å²) < 4.78 is 22.1. The first kappa shape index (κ1) is 15.1. The zero-order valence-corrected chi connectivity index (χ0v) is 14.0.